The number of thiazole rings is 1. The molecule has 10 nitrogen and oxygen atoms in total. The fourth-order valence-electron chi connectivity index (χ4n) is 2.49. The minimum atomic E-state index is -1.55. The Hall–Kier alpha value is -2.18. The summed E-state index contributed by atoms with van der Waals surface area (Å²) in [6, 6.07) is -2.51. The maximum Gasteiger partial charge on any atom is 0.352 e. The number of amides is 2. The van der Waals surface area contributed by atoms with E-state index in [-0.39, 0.29) is 20.9 Å². The Bertz CT molecular complexity index is 812. The first-order chi connectivity index (χ1) is 11.8. The number of fused-ring (bicyclic) bond motifs is 1. The molecule has 2 aliphatic heterocycles. The van der Waals surface area contributed by atoms with Gasteiger partial charge in [-0.25, -0.2) is 9.78 Å². The van der Waals surface area contributed by atoms with Gasteiger partial charge in [-0.1, -0.05) is 22.9 Å². The summed E-state index contributed by atoms with van der Waals surface area (Å²) in [5, 5.41) is 13.8. The van der Waals surface area contributed by atoms with Crippen molar-refractivity contribution < 1.29 is 19.5 Å². The average molecular weight is 404 g/mol. The highest BCUT2D eigenvalue weighted by atomic mass is 35.5. The molecule has 2 amide bonds. The van der Waals surface area contributed by atoms with Gasteiger partial charge in [0, 0.05) is 5.75 Å². The monoisotopic (exact) mass is 403 g/mol. The predicted octanol–water partition coefficient (Wildman–Crippen LogP) is 0.555. The van der Waals surface area contributed by atoms with Gasteiger partial charge in [0.15, 0.2) is 5.13 Å². The molecule has 0 bridgehead atoms. The van der Waals surface area contributed by atoms with E-state index < -0.39 is 35.2 Å². The maximum atomic E-state index is 12.3. The van der Waals surface area contributed by atoms with Crippen molar-refractivity contribution in [1.82, 2.24) is 15.2 Å². The number of anilines is 1. The van der Waals surface area contributed by atoms with Gasteiger partial charge in [0.1, 0.15) is 27.1 Å². The third-order valence-electron chi connectivity index (χ3n) is 3.60. The highest BCUT2D eigenvalue weighted by molar-refractivity contribution is 8.00. The van der Waals surface area contributed by atoms with E-state index in [0.29, 0.717) is 5.75 Å². The number of nitrogens with two attached hydrogens (primary N) is 1. The van der Waals surface area contributed by atoms with Crippen LogP contribution in [0, 0.1) is 4.91 Å². The maximum absolute atomic E-state index is 12.3. The number of hydrogen-bond acceptors (Lipinski definition) is 9. The summed E-state index contributed by atoms with van der Waals surface area (Å²) in [6.07, 6.45) is 1.42. The molecule has 0 radical (unpaired) electrons. The van der Waals surface area contributed by atoms with Crippen LogP contribution in [0.1, 0.15) is 11.7 Å². The average Bonchev–Trinajstić information content (AvgIpc) is 2.90. The van der Waals surface area contributed by atoms with Gasteiger partial charge in [-0.3, -0.25) is 14.5 Å². The van der Waals surface area contributed by atoms with Crippen LogP contribution in [0.25, 0.3) is 0 Å². The molecule has 0 aliphatic carbocycles. The number of aromatic nitrogens is 1. The van der Waals surface area contributed by atoms with Crippen LogP contribution in [0.4, 0.5) is 5.13 Å². The second-order valence-electron chi connectivity index (χ2n) is 5.03. The number of carboxylic acid groups (broad SMARTS) is 1. The van der Waals surface area contributed by atoms with Crippen LogP contribution < -0.4 is 11.1 Å². The summed E-state index contributed by atoms with van der Waals surface area (Å²) in [7, 11) is 0. The van der Waals surface area contributed by atoms with Gasteiger partial charge >= 0.3 is 5.97 Å². The second kappa shape index (κ2) is 6.61. The highest BCUT2D eigenvalue weighted by Crippen LogP contribution is 2.38. The number of carboxylic acids is 1. The minimum Gasteiger partial charge on any atom is -0.477 e. The highest BCUT2D eigenvalue weighted by Gasteiger charge is 2.53. The molecular weight excluding hydrogens is 394 g/mol. The standard InChI is InChI=1S/C12H10ClN5O5S2/c13-7-4(16-12(14)25-7)5(17-23)8(19)15-6-9(20)18-3(11(21)22)1-2-24-10(6)18/h1,5-6,10H,2H2,(H2,14,16)(H,15,19)(H,21,22)/t5?,6-,10+/m1/s1. The molecule has 3 heterocycles. The zero-order valence-electron chi connectivity index (χ0n) is 12.2. The summed E-state index contributed by atoms with van der Waals surface area (Å²) in [5.74, 6) is -2.27. The van der Waals surface area contributed by atoms with Crippen molar-refractivity contribution >= 4 is 57.6 Å². The van der Waals surface area contributed by atoms with E-state index in [9.17, 15) is 19.3 Å². The van der Waals surface area contributed by atoms with Crippen LogP contribution in [0.15, 0.2) is 16.9 Å². The van der Waals surface area contributed by atoms with E-state index in [4.69, 9.17) is 22.4 Å². The zero-order valence-corrected chi connectivity index (χ0v) is 14.6. The predicted molar refractivity (Wildman–Crippen MR) is 90.8 cm³/mol. The first-order valence-electron chi connectivity index (χ1n) is 6.77. The fraction of sp³-hybridized carbons (Fsp3) is 0.333. The fourth-order valence-corrected chi connectivity index (χ4v) is 4.66. The smallest absolute Gasteiger partial charge is 0.352 e. The van der Waals surface area contributed by atoms with E-state index in [1.165, 1.54) is 17.8 Å². The topological polar surface area (TPSA) is 155 Å². The van der Waals surface area contributed by atoms with Crippen molar-refractivity contribution in [2.45, 2.75) is 17.5 Å². The molecule has 1 saturated heterocycles. The number of nitrogen functional groups attached to an aromatic ring is 1. The minimum absolute atomic E-state index is 0.0574. The van der Waals surface area contributed by atoms with Gasteiger partial charge in [0.25, 0.3) is 11.8 Å². The zero-order chi connectivity index (χ0) is 18.3. The van der Waals surface area contributed by atoms with Crippen molar-refractivity contribution in [3.63, 3.8) is 0 Å². The number of β-lactam (4-membered cyclic amide) rings is 1. The number of carbonyl (C=O) groups is 3. The largest absolute Gasteiger partial charge is 0.477 e. The van der Waals surface area contributed by atoms with Crippen LogP contribution in [0.3, 0.4) is 0 Å². The van der Waals surface area contributed by atoms with Crippen molar-refractivity contribution in [3.05, 3.63) is 26.7 Å². The van der Waals surface area contributed by atoms with Crippen LogP contribution in [-0.2, 0) is 14.4 Å². The number of carbonyl (C=O) groups excluding carboxylic acids is 2. The molecular formula is C12H10ClN5O5S2. The Morgan fingerprint density at radius 3 is 2.84 bits per heavy atom. The van der Waals surface area contributed by atoms with Gasteiger partial charge in [-0.15, -0.1) is 16.7 Å². The number of aliphatic carboxylic acids is 1. The second-order valence-corrected chi connectivity index (χ2v) is 7.81. The lowest BCUT2D eigenvalue weighted by molar-refractivity contribution is -0.150. The third-order valence-corrected chi connectivity index (χ3v) is 5.90. The van der Waals surface area contributed by atoms with Crippen molar-refractivity contribution in [1.29, 1.82) is 0 Å². The number of thioether (sulfide) groups is 1. The van der Waals surface area contributed by atoms with Gasteiger partial charge in [0.05, 0.1) is 0 Å². The molecule has 1 aromatic heterocycles. The SMILES string of the molecule is Nc1nc(C(N=O)C(=O)N[C@@H]2C(=O)N3C(C(=O)O)=CCS[C@@H]23)c(Cl)s1. The number of nitrogens with one attached hydrogen (secondary N) is 1. The lowest BCUT2D eigenvalue weighted by Crippen LogP contribution is -2.70. The molecule has 0 spiro atoms. The lowest BCUT2D eigenvalue weighted by Gasteiger charge is -2.48. The Kier molecular flexibility index (Phi) is 4.67. The van der Waals surface area contributed by atoms with E-state index in [0.717, 1.165) is 16.2 Å². The Morgan fingerprint density at radius 1 is 1.56 bits per heavy atom. The normalized spacial score (nSPS) is 23.2. The van der Waals surface area contributed by atoms with Gasteiger partial charge in [-0.05, 0) is 11.3 Å². The molecule has 1 fully saturated rings. The van der Waals surface area contributed by atoms with Gasteiger partial charge in [-0.2, -0.15) is 0 Å². The quantitative estimate of drug-likeness (QED) is 0.475. The molecule has 3 atom stereocenters. The van der Waals surface area contributed by atoms with Crippen molar-refractivity contribution in [3.8, 4) is 0 Å². The Morgan fingerprint density at radius 2 is 2.28 bits per heavy atom. The van der Waals surface area contributed by atoms with E-state index in [2.05, 4.69) is 15.5 Å². The molecule has 1 unspecified atom stereocenters. The number of rotatable bonds is 5. The Labute approximate surface area is 153 Å². The lowest BCUT2D eigenvalue weighted by atomic mass is 10.0. The van der Waals surface area contributed by atoms with Gasteiger partial charge in [0.2, 0.25) is 6.04 Å². The van der Waals surface area contributed by atoms with E-state index >= 15 is 0 Å². The summed E-state index contributed by atoms with van der Waals surface area (Å²) in [5.41, 5.74) is 5.28. The summed E-state index contributed by atoms with van der Waals surface area (Å²) in [4.78, 5) is 51.6. The summed E-state index contributed by atoms with van der Waals surface area (Å²) >= 11 is 8.07. The van der Waals surface area contributed by atoms with E-state index in [1.54, 1.807) is 0 Å². The molecule has 2 aliphatic rings. The van der Waals surface area contributed by atoms with Crippen LogP contribution >= 0.6 is 34.7 Å². The van der Waals surface area contributed by atoms with Crippen molar-refractivity contribution in [2.75, 3.05) is 11.5 Å². The van der Waals surface area contributed by atoms with Crippen molar-refractivity contribution in [2.24, 2.45) is 5.18 Å². The van der Waals surface area contributed by atoms with Crippen LogP contribution in [-0.4, -0.2) is 49.9 Å². The third kappa shape index (κ3) is 2.96. The van der Waals surface area contributed by atoms with Crippen LogP contribution in [0.5, 0.6) is 0 Å². The Balaban J connectivity index is 1.75. The molecule has 4 N–H and O–H groups in total. The molecule has 132 valence electrons. The molecule has 25 heavy (non-hydrogen) atoms. The number of nitroso groups, excluding NO2 is 1. The number of halogens is 1. The number of hydrogen-bond donors (Lipinski definition) is 3. The van der Waals surface area contributed by atoms with E-state index in [1.807, 2.05) is 0 Å². The molecule has 13 heteroatoms. The number of nitrogens with zero attached hydrogens (tertiary/aromatic N) is 3. The first kappa shape index (κ1) is 17.6. The first-order valence-corrected chi connectivity index (χ1v) is 9.02. The molecule has 3 rings (SSSR count). The van der Waals surface area contributed by atoms with Crippen LogP contribution in [0.2, 0.25) is 4.34 Å². The summed E-state index contributed by atoms with van der Waals surface area (Å²) in [6.45, 7) is 0. The molecule has 0 aromatic carbocycles. The molecule has 0 saturated carbocycles. The molecule has 1 aromatic rings. The summed E-state index contributed by atoms with van der Waals surface area (Å²) < 4.78 is 0.0574. The van der Waals surface area contributed by atoms with Gasteiger partial charge < -0.3 is 16.2 Å².